The molecule has 20 heavy (non-hydrogen) atoms. The molecule has 1 amide bonds. The first kappa shape index (κ1) is 16.7. The molecule has 1 atom stereocenters. The topological polar surface area (TPSA) is 41.1 Å². The molecule has 0 aromatic heterocycles. The van der Waals surface area contributed by atoms with E-state index in [1.807, 2.05) is 18.2 Å². The zero-order valence-corrected chi connectivity index (χ0v) is 13.2. The van der Waals surface area contributed by atoms with Crippen molar-refractivity contribution in [2.45, 2.75) is 65.5 Å². The first-order valence-electron chi connectivity index (χ1n) is 7.70. The average molecular weight is 276 g/mol. The lowest BCUT2D eigenvalue weighted by atomic mass is 10.0. The van der Waals surface area contributed by atoms with Crippen LogP contribution in [0.4, 0.5) is 5.69 Å². The zero-order chi connectivity index (χ0) is 15.0. The van der Waals surface area contributed by atoms with Gasteiger partial charge in [-0.25, -0.2) is 0 Å². The van der Waals surface area contributed by atoms with Gasteiger partial charge in [0.05, 0.1) is 0 Å². The highest BCUT2D eigenvalue weighted by atomic mass is 16.1. The number of carbonyl (C=O) groups is 1. The molecule has 0 heterocycles. The van der Waals surface area contributed by atoms with E-state index >= 15 is 0 Å². The Hall–Kier alpha value is -1.35. The summed E-state index contributed by atoms with van der Waals surface area (Å²) in [4.78, 5) is 11.1. The Balaban J connectivity index is 2.69. The molecule has 0 saturated heterocycles. The summed E-state index contributed by atoms with van der Waals surface area (Å²) < 4.78 is 0. The largest absolute Gasteiger partial charge is 0.326 e. The third-order valence-electron chi connectivity index (χ3n) is 3.47. The lowest BCUT2D eigenvalue weighted by Crippen LogP contribution is -2.31. The minimum absolute atomic E-state index is 0.0300. The van der Waals surface area contributed by atoms with Crippen molar-refractivity contribution in [2.24, 2.45) is 0 Å². The van der Waals surface area contributed by atoms with E-state index in [2.05, 4.69) is 37.5 Å². The first-order chi connectivity index (χ1) is 9.56. The molecule has 0 aliphatic rings. The summed E-state index contributed by atoms with van der Waals surface area (Å²) in [5, 5.41) is 6.54. The third kappa shape index (κ3) is 5.74. The molecule has 1 rings (SSSR count). The Bertz CT molecular complexity index is 411. The van der Waals surface area contributed by atoms with E-state index in [0.717, 1.165) is 5.69 Å². The summed E-state index contributed by atoms with van der Waals surface area (Å²) in [6.07, 6.45) is 4.83. The number of anilines is 1. The molecule has 0 fully saturated rings. The van der Waals surface area contributed by atoms with Crippen molar-refractivity contribution >= 4 is 11.6 Å². The van der Waals surface area contributed by atoms with Crippen molar-refractivity contribution in [1.82, 2.24) is 5.32 Å². The van der Waals surface area contributed by atoms with Gasteiger partial charge in [0.1, 0.15) is 0 Å². The molecule has 112 valence electrons. The normalized spacial score (nSPS) is 12.4. The minimum Gasteiger partial charge on any atom is -0.326 e. The van der Waals surface area contributed by atoms with Gasteiger partial charge in [-0.15, -0.1) is 0 Å². The maximum atomic E-state index is 11.1. The molecule has 0 saturated carbocycles. The van der Waals surface area contributed by atoms with Gasteiger partial charge in [0.15, 0.2) is 0 Å². The Kier molecular flexibility index (Phi) is 7.31. The molecule has 0 aliphatic carbocycles. The van der Waals surface area contributed by atoms with Gasteiger partial charge in [-0.3, -0.25) is 4.79 Å². The van der Waals surface area contributed by atoms with Gasteiger partial charge in [0, 0.05) is 24.7 Å². The Labute approximate surface area is 123 Å². The van der Waals surface area contributed by atoms with E-state index in [0.29, 0.717) is 12.1 Å². The molecule has 0 aliphatic heterocycles. The first-order valence-corrected chi connectivity index (χ1v) is 7.70. The molecule has 3 heteroatoms. The summed E-state index contributed by atoms with van der Waals surface area (Å²) in [5.41, 5.74) is 2.08. The van der Waals surface area contributed by atoms with Gasteiger partial charge >= 0.3 is 0 Å². The standard InChI is InChI=1S/C17H28N2O/c1-5-8-16(9-6-2)18-13(3)15-10-7-11-17(12-15)19-14(4)20/h7,10-13,16,18H,5-6,8-9H2,1-4H3,(H,19,20). The number of hydrogen-bond donors (Lipinski definition) is 2. The third-order valence-corrected chi connectivity index (χ3v) is 3.47. The second-order valence-corrected chi connectivity index (χ2v) is 5.47. The number of carbonyl (C=O) groups excluding carboxylic acids is 1. The van der Waals surface area contributed by atoms with Crippen molar-refractivity contribution in [1.29, 1.82) is 0 Å². The number of nitrogens with one attached hydrogen (secondary N) is 2. The van der Waals surface area contributed by atoms with Gasteiger partial charge in [0.2, 0.25) is 5.91 Å². The van der Waals surface area contributed by atoms with Gasteiger partial charge in [-0.2, -0.15) is 0 Å². The molecule has 0 spiro atoms. The van der Waals surface area contributed by atoms with Gasteiger partial charge in [-0.05, 0) is 37.5 Å². The van der Waals surface area contributed by atoms with E-state index in [1.54, 1.807) is 0 Å². The van der Waals surface area contributed by atoms with Crippen LogP contribution in [0.5, 0.6) is 0 Å². The second-order valence-electron chi connectivity index (χ2n) is 5.47. The summed E-state index contributed by atoms with van der Waals surface area (Å²) >= 11 is 0. The smallest absolute Gasteiger partial charge is 0.221 e. The van der Waals surface area contributed by atoms with E-state index < -0.39 is 0 Å². The highest BCUT2D eigenvalue weighted by molar-refractivity contribution is 5.88. The molecule has 3 nitrogen and oxygen atoms in total. The fourth-order valence-corrected chi connectivity index (χ4v) is 2.55. The molecule has 1 aromatic carbocycles. The van der Waals surface area contributed by atoms with Crippen LogP contribution in [0.3, 0.4) is 0 Å². The van der Waals surface area contributed by atoms with E-state index in [-0.39, 0.29) is 5.91 Å². The van der Waals surface area contributed by atoms with Crippen molar-refractivity contribution in [3.63, 3.8) is 0 Å². The predicted molar refractivity (Wildman–Crippen MR) is 85.9 cm³/mol. The average Bonchev–Trinajstić information content (AvgIpc) is 2.38. The molecule has 0 bridgehead atoms. The van der Waals surface area contributed by atoms with Crippen LogP contribution >= 0.6 is 0 Å². The van der Waals surface area contributed by atoms with Crippen LogP contribution in [0.2, 0.25) is 0 Å². The maximum absolute atomic E-state index is 11.1. The van der Waals surface area contributed by atoms with Gasteiger partial charge < -0.3 is 10.6 Å². The Morgan fingerprint density at radius 2 is 1.85 bits per heavy atom. The van der Waals surface area contributed by atoms with Crippen LogP contribution in [0, 0.1) is 0 Å². The van der Waals surface area contributed by atoms with Crippen molar-refractivity contribution in [2.75, 3.05) is 5.32 Å². The summed E-state index contributed by atoms with van der Waals surface area (Å²) in [5.74, 6) is -0.0300. The lowest BCUT2D eigenvalue weighted by Gasteiger charge is -2.23. The maximum Gasteiger partial charge on any atom is 0.221 e. The molecule has 2 N–H and O–H groups in total. The van der Waals surface area contributed by atoms with E-state index in [1.165, 1.54) is 38.2 Å². The van der Waals surface area contributed by atoms with E-state index in [4.69, 9.17) is 0 Å². The fraction of sp³-hybridized carbons (Fsp3) is 0.588. The second kappa shape index (κ2) is 8.75. The predicted octanol–water partition coefficient (Wildman–Crippen LogP) is 4.26. The molecule has 0 radical (unpaired) electrons. The van der Waals surface area contributed by atoms with Crippen LogP contribution < -0.4 is 10.6 Å². The van der Waals surface area contributed by atoms with Crippen LogP contribution in [0.1, 0.15) is 65.0 Å². The quantitative estimate of drug-likeness (QED) is 0.744. The van der Waals surface area contributed by atoms with Crippen molar-refractivity contribution in [3.8, 4) is 0 Å². The number of hydrogen-bond acceptors (Lipinski definition) is 2. The Morgan fingerprint density at radius 1 is 1.20 bits per heavy atom. The van der Waals surface area contributed by atoms with Crippen LogP contribution in [0.25, 0.3) is 0 Å². The van der Waals surface area contributed by atoms with Crippen LogP contribution in [-0.4, -0.2) is 11.9 Å². The molecular weight excluding hydrogens is 248 g/mol. The number of amides is 1. The summed E-state index contributed by atoms with van der Waals surface area (Å²) in [6.45, 7) is 8.18. The highest BCUT2D eigenvalue weighted by Gasteiger charge is 2.12. The van der Waals surface area contributed by atoms with Gasteiger partial charge in [-0.1, -0.05) is 38.8 Å². The number of rotatable bonds is 8. The molecule has 1 aromatic rings. The van der Waals surface area contributed by atoms with Crippen molar-refractivity contribution in [3.05, 3.63) is 29.8 Å². The number of benzene rings is 1. The van der Waals surface area contributed by atoms with Gasteiger partial charge in [0.25, 0.3) is 0 Å². The van der Waals surface area contributed by atoms with Crippen LogP contribution in [-0.2, 0) is 4.79 Å². The highest BCUT2D eigenvalue weighted by Crippen LogP contribution is 2.19. The fourth-order valence-electron chi connectivity index (χ4n) is 2.55. The Morgan fingerprint density at radius 3 is 2.40 bits per heavy atom. The molecule has 1 unspecified atom stereocenters. The summed E-state index contributed by atoms with van der Waals surface area (Å²) in [6, 6.07) is 8.95. The zero-order valence-electron chi connectivity index (χ0n) is 13.2. The monoisotopic (exact) mass is 276 g/mol. The SMILES string of the molecule is CCCC(CCC)NC(C)c1cccc(NC(C)=O)c1. The summed E-state index contributed by atoms with van der Waals surface area (Å²) in [7, 11) is 0. The minimum atomic E-state index is -0.0300. The van der Waals surface area contributed by atoms with E-state index in [9.17, 15) is 4.79 Å². The van der Waals surface area contributed by atoms with Crippen molar-refractivity contribution < 1.29 is 4.79 Å². The lowest BCUT2D eigenvalue weighted by molar-refractivity contribution is -0.114. The molecular formula is C17H28N2O. The van der Waals surface area contributed by atoms with Crippen LogP contribution in [0.15, 0.2) is 24.3 Å².